The smallest absolute Gasteiger partial charge is 0.141 e. The van der Waals surface area contributed by atoms with Gasteiger partial charge in [-0.1, -0.05) is 42.3 Å². The van der Waals surface area contributed by atoms with E-state index in [2.05, 4.69) is 19.1 Å². The lowest BCUT2D eigenvalue weighted by Gasteiger charge is -2.19. The number of allylic oxidation sites excluding steroid dienone is 2. The summed E-state index contributed by atoms with van der Waals surface area (Å²) in [6.45, 7) is 6.76. The summed E-state index contributed by atoms with van der Waals surface area (Å²) in [5, 5.41) is 1.26. The van der Waals surface area contributed by atoms with Gasteiger partial charge in [-0.05, 0) is 44.7 Å². The van der Waals surface area contributed by atoms with Crippen LogP contribution in [0, 0.1) is 0 Å². The zero-order valence-corrected chi connectivity index (χ0v) is 12.7. The van der Waals surface area contributed by atoms with Crippen molar-refractivity contribution in [1.82, 2.24) is 0 Å². The second-order valence-corrected chi connectivity index (χ2v) is 4.99. The molecular weight excluding hydrogens is 267 g/mol. The van der Waals surface area contributed by atoms with Gasteiger partial charge >= 0.3 is 0 Å². The Hall–Kier alpha value is -0.660. The van der Waals surface area contributed by atoms with Crippen molar-refractivity contribution in [2.75, 3.05) is 6.61 Å². The summed E-state index contributed by atoms with van der Waals surface area (Å²) < 4.78 is 5.67. The summed E-state index contributed by atoms with van der Waals surface area (Å²) in [4.78, 5) is 0. The number of ether oxygens (including phenoxy) is 1. The summed E-state index contributed by atoms with van der Waals surface area (Å²) in [6, 6.07) is 3.70. The summed E-state index contributed by atoms with van der Waals surface area (Å²) in [6.07, 6.45) is 6.23. The van der Waals surface area contributed by atoms with E-state index < -0.39 is 0 Å². The van der Waals surface area contributed by atoms with Crippen molar-refractivity contribution in [3.63, 3.8) is 0 Å². The van der Waals surface area contributed by atoms with Crippen molar-refractivity contribution in [2.24, 2.45) is 0 Å². The van der Waals surface area contributed by atoms with Gasteiger partial charge in [-0.2, -0.15) is 0 Å². The van der Waals surface area contributed by atoms with Gasteiger partial charge in [-0.25, -0.2) is 0 Å². The third-order valence-corrected chi connectivity index (χ3v) is 3.41. The zero-order chi connectivity index (χ0) is 13.5. The molecular formula is C15H20Cl2O. The van der Waals surface area contributed by atoms with Crippen LogP contribution in [-0.2, 0) is 0 Å². The van der Waals surface area contributed by atoms with E-state index in [1.807, 2.05) is 19.9 Å². The van der Waals surface area contributed by atoms with Crippen molar-refractivity contribution in [2.45, 2.75) is 39.5 Å². The first-order valence-electron chi connectivity index (χ1n) is 6.36. The molecule has 0 aliphatic rings. The first kappa shape index (κ1) is 15.4. The Bertz CT molecular complexity index is 413. The quantitative estimate of drug-likeness (QED) is 0.596. The molecule has 1 aromatic carbocycles. The SMILES string of the molecule is C/C=C\CC(CC)c1cc(Cl)cc(Cl)c1OCC. The molecule has 18 heavy (non-hydrogen) atoms. The fraction of sp³-hybridized carbons (Fsp3) is 0.467. The molecule has 0 heterocycles. The molecule has 0 fully saturated rings. The maximum Gasteiger partial charge on any atom is 0.141 e. The van der Waals surface area contributed by atoms with Crippen molar-refractivity contribution in [3.05, 3.63) is 39.9 Å². The van der Waals surface area contributed by atoms with E-state index in [1.54, 1.807) is 6.07 Å². The van der Waals surface area contributed by atoms with Gasteiger partial charge in [0.25, 0.3) is 0 Å². The van der Waals surface area contributed by atoms with Gasteiger partial charge < -0.3 is 4.74 Å². The number of rotatable bonds is 6. The van der Waals surface area contributed by atoms with E-state index >= 15 is 0 Å². The third kappa shape index (κ3) is 3.93. The van der Waals surface area contributed by atoms with Gasteiger partial charge in [0.05, 0.1) is 11.6 Å². The minimum Gasteiger partial charge on any atom is -0.492 e. The molecule has 1 unspecified atom stereocenters. The second kappa shape index (κ2) is 7.70. The fourth-order valence-corrected chi connectivity index (χ4v) is 2.56. The third-order valence-electron chi connectivity index (χ3n) is 2.91. The molecule has 1 rings (SSSR count). The van der Waals surface area contributed by atoms with Crippen molar-refractivity contribution in [1.29, 1.82) is 0 Å². The topological polar surface area (TPSA) is 9.23 Å². The highest BCUT2D eigenvalue weighted by Crippen LogP contribution is 2.39. The van der Waals surface area contributed by atoms with Crippen LogP contribution in [0.1, 0.15) is 45.1 Å². The molecule has 1 aromatic rings. The first-order chi connectivity index (χ1) is 8.63. The molecule has 0 radical (unpaired) electrons. The Kier molecular flexibility index (Phi) is 6.59. The van der Waals surface area contributed by atoms with E-state index in [0.29, 0.717) is 22.6 Å². The Morgan fingerprint density at radius 2 is 2.00 bits per heavy atom. The molecule has 0 spiro atoms. The van der Waals surface area contributed by atoms with Crippen LogP contribution in [0.5, 0.6) is 5.75 Å². The lowest BCUT2D eigenvalue weighted by Crippen LogP contribution is -2.03. The van der Waals surface area contributed by atoms with Crippen LogP contribution in [0.15, 0.2) is 24.3 Å². The number of halogens is 2. The molecule has 0 amide bonds. The average molecular weight is 287 g/mol. The van der Waals surface area contributed by atoms with Gasteiger partial charge in [-0.15, -0.1) is 0 Å². The summed E-state index contributed by atoms with van der Waals surface area (Å²) >= 11 is 12.3. The van der Waals surface area contributed by atoms with E-state index in [0.717, 1.165) is 24.2 Å². The van der Waals surface area contributed by atoms with Crippen LogP contribution in [0.3, 0.4) is 0 Å². The maximum absolute atomic E-state index is 6.22. The predicted molar refractivity (Wildman–Crippen MR) is 80.1 cm³/mol. The van der Waals surface area contributed by atoms with Gasteiger partial charge in [0.1, 0.15) is 5.75 Å². The summed E-state index contributed by atoms with van der Waals surface area (Å²) in [5.41, 5.74) is 1.11. The highest BCUT2D eigenvalue weighted by atomic mass is 35.5. The lowest BCUT2D eigenvalue weighted by atomic mass is 9.92. The number of benzene rings is 1. The maximum atomic E-state index is 6.22. The van der Waals surface area contributed by atoms with Crippen LogP contribution in [0.25, 0.3) is 0 Å². The summed E-state index contributed by atoms with van der Waals surface area (Å²) in [7, 11) is 0. The van der Waals surface area contributed by atoms with Crippen LogP contribution in [-0.4, -0.2) is 6.61 Å². The fourth-order valence-electron chi connectivity index (χ4n) is 1.99. The molecule has 0 saturated heterocycles. The highest BCUT2D eigenvalue weighted by Gasteiger charge is 2.17. The monoisotopic (exact) mass is 286 g/mol. The van der Waals surface area contributed by atoms with Crippen molar-refractivity contribution >= 4 is 23.2 Å². The molecule has 1 nitrogen and oxygen atoms in total. The largest absolute Gasteiger partial charge is 0.492 e. The Labute approximate surface area is 120 Å². The Morgan fingerprint density at radius 1 is 1.28 bits per heavy atom. The molecule has 0 N–H and O–H groups in total. The highest BCUT2D eigenvalue weighted by molar-refractivity contribution is 6.35. The van der Waals surface area contributed by atoms with Crippen molar-refractivity contribution < 1.29 is 4.74 Å². The second-order valence-electron chi connectivity index (χ2n) is 4.15. The van der Waals surface area contributed by atoms with E-state index in [9.17, 15) is 0 Å². The lowest BCUT2D eigenvalue weighted by molar-refractivity contribution is 0.334. The average Bonchev–Trinajstić information content (AvgIpc) is 2.34. The molecule has 0 aromatic heterocycles. The first-order valence-corrected chi connectivity index (χ1v) is 7.12. The Morgan fingerprint density at radius 3 is 2.56 bits per heavy atom. The van der Waals surface area contributed by atoms with E-state index in [-0.39, 0.29) is 0 Å². The predicted octanol–water partition coefficient (Wildman–Crippen LogP) is 5.85. The Balaban J connectivity index is 3.17. The zero-order valence-electron chi connectivity index (χ0n) is 11.2. The minimum absolute atomic E-state index is 0.388. The number of hydrogen-bond acceptors (Lipinski definition) is 1. The van der Waals surface area contributed by atoms with Gasteiger partial charge in [0.2, 0.25) is 0 Å². The van der Waals surface area contributed by atoms with Crippen molar-refractivity contribution in [3.8, 4) is 5.75 Å². The van der Waals surface area contributed by atoms with Crippen LogP contribution in [0.2, 0.25) is 10.0 Å². The van der Waals surface area contributed by atoms with Crippen LogP contribution in [0.4, 0.5) is 0 Å². The van der Waals surface area contributed by atoms with Gasteiger partial charge in [-0.3, -0.25) is 0 Å². The minimum atomic E-state index is 0.388. The van der Waals surface area contributed by atoms with E-state index in [1.165, 1.54) is 0 Å². The van der Waals surface area contributed by atoms with Crippen LogP contribution >= 0.6 is 23.2 Å². The molecule has 0 aliphatic carbocycles. The molecule has 0 saturated carbocycles. The number of hydrogen-bond donors (Lipinski definition) is 0. The molecule has 1 atom stereocenters. The molecule has 3 heteroatoms. The standard InChI is InChI=1S/C15H20Cl2O/c1-4-7-8-11(5-2)13-9-12(16)10-14(17)15(13)18-6-3/h4,7,9-11H,5-6,8H2,1-3H3/b7-4-. The molecule has 100 valence electrons. The van der Waals surface area contributed by atoms with Crippen LogP contribution < -0.4 is 4.74 Å². The summed E-state index contributed by atoms with van der Waals surface area (Å²) in [5.74, 6) is 1.17. The molecule has 0 aliphatic heterocycles. The van der Waals surface area contributed by atoms with E-state index in [4.69, 9.17) is 27.9 Å². The van der Waals surface area contributed by atoms with Gasteiger partial charge in [0.15, 0.2) is 0 Å². The van der Waals surface area contributed by atoms with Gasteiger partial charge in [0, 0.05) is 10.6 Å². The molecule has 0 bridgehead atoms. The normalized spacial score (nSPS) is 12.9.